The molecule has 4 aromatic carbocycles. The number of hydrogen-bond acceptors (Lipinski definition) is 13. The summed E-state index contributed by atoms with van der Waals surface area (Å²) >= 11 is 6.49. The van der Waals surface area contributed by atoms with Gasteiger partial charge in [-0.2, -0.15) is 0 Å². The van der Waals surface area contributed by atoms with Crippen LogP contribution in [0.15, 0.2) is 113 Å². The molecule has 272 valence electrons. The van der Waals surface area contributed by atoms with Gasteiger partial charge in [0, 0.05) is 27.7 Å². The van der Waals surface area contributed by atoms with Crippen LogP contribution in [-0.4, -0.2) is 34.1 Å². The average molecular weight is 852 g/mol. The zero-order valence-electron chi connectivity index (χ0n) is 28.2. The van der Waals surface area contributed by atoms with E-state index in [2.05, 4.69) is 36.6 Å². The predicted molar refractivity (Wildman–Crippen MR) is 200 cm³/mol. The first-order valence-electron chi connectivity index (χ1n) is 15.2. The highest BCUT2D eigenvalue weighted by Gasteiger charge is 2.16. The smallest absolute Gasteiger partial charge is 0.310 e. The van der Waals surface area contributed by atoms with Crippen LogP contribution in [0.1, 0.15) is 27.7 Å². The number of benzene rings is 4. The molecular weight excluding hydrogens is 824 g/mol. The second kappa shape index (κ2) is 17.4. The first kappa shape index (κ1) is 39.7. The molecule has 0 atom stereocenters. The lowest BCUT2D eigenvalue weighted by Crippen LogP contribution is -2.07. The minimum Gasteiger partial charge on any atom is -0.508 e. The van der Waals surface area contributed by atoms with E-state index in [0.717, 1.165) is 0 Å². The van der Waals surface area contributed by atoms with Crippen molar-refractivity contribution in [2.75, 3.05) is 0 Å². The van der Waals surface area contributed by atoms with E-state index in [1.165, 1.54) is 70.6 Å². The normalized spacial score (nSPS) is 10.3. The maximum Gasteiger partial charge on any atom is 0.310 e. The monoisotopic (exact) mass is 850 g/mol. The van der Waals surface area contributed by atoms with E-state index in [1.807, 2.05) is 0 Å². The number of hydrogen-bond donors (Lipinski definition) is 2. The molecule has 2 aromatic heterocycles. The fraction of sp³-hybridized carbons (Fsp3) is 0.105. The van der Waals surface area contributed by atoms with E-state index < -0.39 is 23.9 Å². The molecule has 53 heavy (non-hydrogen) atoms. The molecule has 6 aromatic rings. The molecule has 15 heteroatoms. The number of rotatable bonds is 4. The molecule has 13 nitrogen and oxygen atoms in total. The van der Waals surface area contributed by atoms with E-state index in [0.29, 0.717) is 53.3 Å². The number of carbonyl (C=O) groups excluding carboxylic acids is 4. The predicted octanol–water partition coefficient (Wildman–Crippen LogP) is 7.80. The van der Waals surface area contributed by atoms with Crippen molar-refractivity contribution in [1.29, 1.82) is 0 Å². The second-order valence-corrected chi connectivity index (χ2v) is 12.4. The molecule has 0 aliphatic rings. The third-order valence-electron chi connectivity index (χ3n) is 6.85. The molecular formula is C38H28Br2O13. The first-order chi connectivity index (χ1) is 25.1. The summed E-state index contributed by atoms with van der Waals surface area (Å²) in [7, 11) is 0. The number of esters is 4. The largest absolute Gasteiger partial charge is 0.508 e. The van der Waals surface area contributed by atoms with Crippen LogP contribution in [-0.2, 0) is 23.9 Å². The minimum atomic E-state index is -0.562. The van der Waals surface area contributed by atoms with Crippen LogP contribution < -0.4 is 20.3 Å². The van der Waals surface area contributed by atoms with Crippen LogP contribution in [0, 0.1) is 0 Å². The van der Waals surface area contributed by atoms with Crippen molar-refractivity contribution in [3.63, 3.8) is 0 Å². The molecule has 2 N–H and O–H groups in total. The number of phenols is 2. The Labute approximate surface area is 316 Å². The Morgan fingerprint density at radius 1 is 0.566 bits per heavy atom. The van der Waals surface area contributed by atoms with Gasteiger partial charge in [0.15, 0.2) is 11.2 Å². The van der Waals surface area contributed by atoms with Crippen molar-refractivity contribution in [3.8, 4) is 45.3 Å². The SMILES string of the molecule is CC(=O)OC(C)=O.CC(=O)Oc1ccc(-c2coc3c(Br)c(OC(C)=O)ccc3c2=O)cc1.O=c1c(-c2ccc(O)cc2)coc2c(Br)c(O)ccc12. The summed E-state index contributed by atoms with van der Waals surface area (Å²) in [6.45, 7) is 4.96. The summed E-state index contributed by atoms with van der Waals surface area (Å²) in [4.78, 5) is 67.0. The lowest BCUT2D eigenvalue weighted by Gasteiger charge is -2.08. The summed E-state index contributed by atoms with van der Waals surface area (Å²) in [6.07, 6.45) is 2.69. The Hall–Kier alpha value is -6.06. The van der Waals surface area contributed by atoms with Crippen LogP contribution in [0.25, 0.3) is 44.2 Å². The van der Waals surface area contributed by atoms with Crippen LogP contribution in [0.2, 0.25) is 0 Å². The highest BCUT2D eigenvalue weighted by Crippen LogP contribution is 2.34. The number of ether oxygens (including phenoxy) is 3. The molecule has 0 unspecified atom stereocenters. The van der Waals surface area contributed by atoms with Crippen molar-refractivity contribution in [3.05, 3.63) is 115 Å². The van der Waals surface area contributed by atoms with E-state index in [9.17, 15) is 39.0 Å². The topological polar surface area (TPSA) is 197 Å². The number of fused-ring (bicyclic) bond motifs is 2. The van der Waals surface area contributed by atoms with Gasteiger partial charge >= 0.3 is 23.9 Å². The Balaban J connectivity index is 0.000000205. The lowest BCUT2D eigenvalue weighted by molar-refractivity contribution is -0.156. The van der Waals surface area contributed by atoms with Gasteiger partial charge in [0.25, 0.3) is 0 Å². The van der Waals surface area contributed by atoms with Crippen LogP contribution in [0.5, 0.6) is 23.0 Å². The third kappa shape index (κ3) is 10.1. The third-order valence-corrected chi connectivity index (χ3v) is 8.37. The highest BCUT2D eigenvalue weighted by atomic mass is 79.9. The number of aromatic hydroxyl groups is 2. The molecule has 0 aliphatic carbocycles. The van der Waals surface area contributed by atoms with Gasteiger partial charge in [0.05, 0.1) is 21.9 Å². The fourth-order valence-electron chi connectivity index (χ4n) is 4.65. The summed E-state index contributed by atoms with van der Waals surface area (Å²) in [6, 6.07) is 18.8. The van der Waals surface area contributed by atoms with Gasteiger partial charge < -0.3 is 33.3 Å². The van der Waals surface area contributed by atoms with Gasteiger partial charge in [0.2, 0.25) is 10.9 Å². The Kier molecular flexibility index (Phi) is 13.1. The van der Waals surface area contributed by atoms with Gasteiger partial charge in [-0.3, -0.25) is 28.8 Å². The minimum absolute atomic E-state index is 0.0121. The Morgan fingerprint density at radius 3 is 1.47 bits per heavy atom. The fourth-order valence-corrected chi connectivity index (χ4v) is 5.61. The van der Waals surface area contributed by atoms with Crippen LogP contribution >= 0.6 is 31.9 Å². The maximum absolute atomic E-state index is 12.8. The zero-order valence-corrected chi connectivity index (χ0v) is 31.4. The van der Waals surface area contributed by atoms with E-state index in [4.69, 9.17) is 18.3 Å². The number of halogens is 2. The van der Waals surface area contributed by atoms with E-state index in [1.54, 1.807) is 42.5 Å². The first-order valence-corrected chi connectivity index (χ1v) is 16.8. The summed E-state index contributed by atoms with van der Waals surface area (Å²) in [5.41, 5.74) is 2.19. The zero-order chi connectivity index (χ0) is 39.0. The van der Waals surface area contributed by atoms with E-state index >= 15 is 0 Å². The quantitative estimate of drug-likeness (QED) is 0.0991. The van der Waals surface area contributed by atoms with Gasteiger partial charge in [-0.15, -0.1) is 0 Å². The second-order valence-electron chi connectivity index (χ2n) is 10.8. The van der Waals surface area contributed by atoms with Crippen molar-refractivity contribution in [2.24, 2.45) is 0 Å². The lowest BCUT2D eigenvalue weighted by atomic mass is 10.1. The molecule has 0 amide bonds. The van der Waals surface area contributed by atoms with Crippen LogP contribution in [0.4, 0.5) is 0 Å². The van der Waals surface area contributed by atoms with Gasteiger partial charge in [0.1, 0.15) is 44.5 Å². The number of phenolic OH excluding ortho intramolecular Hbond substituents is 2. The average Bonchev–Trinajstić information content (AvgIpc) is 3.09. The summed E-state index contributed by atoms with van der Waals surface area (Å²) < 4.78 is 25.8. The highest BCUT2D eigenvalue weighted by molar-refractivity contribution is 9.11. The van der Waals surface area contributed by atoms with Crippen molar-refractivity contribution in [1.82, 2.24) is 0 Å². The molecule has 6 rings (SSSR count). The number of carbonyl (C=O) groups is 4. The molecule has 0 radical (unpaired) electrons. The molecule has 0 bridgehead atoms. The molecule has 0 aliphatic heterocycles. The van der Waals surface area contributed by atoms with Crippen molar-refractivity contribution >= 4 is 77.7 Å². The van der Waals surface area contributed by atoms with Gasteiger partial charge in [-0.25, -0.2) is 0 Å². The molecule has 2 heterocycles. The van der Waals surface area contributed by atoms with Crippen LogP contribution in [0.3, 0.4) is 0 Å². The Bertz CT molecular complexity index is 2450. The molecule has 0 saturated heterocycles. The summed E-state index contributed by atoms with van der Waals surface area (Å²) in [5, 5.41) is 19.6. The molecule has 0 spiro atoms. The molecule has 0 fully saturated rings. The summed E-state index contributed by atoms with van der Waals surface area (Å²) in [5.74, 6) is -1.22. The van der Waals surface area contributed by atoms with Gasteiger partial charge in [-0.05, 0) is 91.5 Å². The maximum atomic E-state index is 12.8. The van der Waals surface area contributed by atoms with E-state index in [-0.39, 0.29) is 33.7 Å². The molecule has 0 saturated carbocycles. The standard InChI is InChI=1S/C19H13BrO6.C15H9BrO4.C4H6O3/c1-10(21)25-13-5-3-12(4-6-13)15-9-24-19-14(18(15)23)7-8-16(17(19)20)26-11(2)22;16-13-12(18)6-5-10-14(19)11(7-20-15(10)13)8-1-3-9(17)4-2-8;1-3(5)7-4(2)6/h3-9H,1-2H3;1-7,17-18H;1-2H3. The van der Waals surface area contributed by atoms with Crippen molar-refractivity contribution < 1.29 is 52.4 Å². The van der Waals surface area contributed by atoms with Crippen molar-refractivity contribution in [2.45, 2.75) is 27.7 Å². The van der Waals surface area contributed by atoms with Gasteiger partial charge in [-0.1, -0.05) is 24.3 Å². The Morgan fingerprint density at radius 2 is 1.02 bits per heavy atom.